The van der Waals surface area contributed by atoms with Gasteiger partial charge in [-0.1, -0.05) is 6.92 Å². The second kappa shape index (κ2) is 9.86. The van der Waals surface area contributed by atoms with Crippen LogP contribution in [0, 0.1) is 0 Å². The summed E-state index contributed by atoms with van der Waals surface area (Å²) < 4.78 is 28.4. The minimum atomic E-state index is -2.47. The summed E-state index contributed by atoms with van der Waals surface area (Å²) in [5.74, 6) is 0. The molecule has 120 valence electrons. The molecule has 0 radical (unpaired) electrons. The molecule has 0 saturated carbocycles. The highest BCUT2D eigenvalue weighted by molar-refractivity contribution is 6.60. The summed E-state index contributed by atoms with van der Waals surface area (Å²) in [6, 6.07) is 0.814. The molecule has 0 spiro atoms. The highest BCUT2D eigenvalue weighted by Gasteiger charge is 2.40. The van der Waals surface area contributed by atoms with Crippen molar-refractivity contribution in [2.45, 2.75) is 58.8 Å². The standard InChI is InChI=1S/C14H30O5Si/c1-5-17-20(7-3,18-6-2)19-13(4)9-8-10-15-11-14-12-16-14/h13-14H,5-12H2,1-4H3. The van der Waals surface area contributed by atoms with Crippen LogP contribution in [0.3, 0.4) is 0 Å². The average Bonchev–Trinajstić information content (AvgIpc) is 3.23. The predicted octanol–water partition coefficient (Wildman–Crippen LogP) is 2.62. The second-order valence-electron chi connectivity index (χ2n) is 5.00. The normalized spacial score (nSPS) is 20.1. The summed E-state index contributed by atoms with van der Waals surface area (Å²) in [6.45, 7) is 11.7. The van der Waals surface area contributed by atoms with Gasteiger partial charge in [0.1, 0.15) is 6.10 Å². The lowest BCUT2D eigenvalue weighted by Gasteiger charge is -2.30. The molecule has 0 bridgehead atoms. The van der Waals surface area contributed by atoms with Gasteiger partial charge in [0.2, 0.25) is 0 Å². The van der Waals surface area contributed by atoms with E-state index < -0.39 is 8.80 Å². The van der Waals surface area contributed by atoms with Crippen molar-refractivity contribution in [3.63, 3.8) is 0 Å². The van der Waals surface area contributed by atoms with E-state index in [-0.39, 0.29) is 6.10 Å². The molecule has 1 aliphatic heterocycles. The van der Waals surface area contributed by atoms with E-state index in [0.717, 1.165) is 38.7 Å². The van der Waals surface area contributed by atoms with E-state index in [4.69, 9.17) is 22.8 Å². The van der Waals surface area contributed by atoms with E-state index in [2.05, 4.69) is 13.8 Å². The van der Waals surface area contributed by atoms with Gasteiger partial charge in [-0.2, -0.15) is 0 Å². The molecule has 20 heavy (non-hydrogen) atoms. The Hall–Kier alpha value is 0.0169. The number of hydrogen-bond acceptors (Lipinski definition) is 5. The molecule has 0 aromatic heterocycles. The highest BCUT2D eigenvalue weighted by atomic mass is 28.4. The van der Waals surface area contributed by atoms with Crippen molar-refractivity contribution in [3.05, 3.63) is 0 Å². The number of rotatable bonds is 13. The minimum Gasteiger partial charge on any atom is -0.379 e. The number of ether oxygens (including phenoxy) is 2. The smallest absolute Gasteiger partial charge is 0.379 e. The molecule has 1 fully saturated rings. The maximum Gasteiger partial charge on any atom is 0.500 e. The zero-order chi connectivity index (χ0) is 14.8. The first-order valence-electron chi connectivity index (χ1n) is 7.80. The van der Waals surface area contributed by atoms with Crippen LogP contribution in [0.1, 0.15) is 40.5 Å². The molecule has 1 heterocycles. The van der Waals surface area contributed by atoms with Gasteiger partial charge >= 0.3 is 8.80 Å². The Balaban J connectivity index is 2.19. The van der Waals surface area contributed by atoms with Crippen molar-refractivity contribution in [1.82, 2.24) is 0 Å². The van der Waals surface area contributed by atoms with Gasteiger partial charge in [-0.05, 0) is 33.6 Å². The number of epoxide rings is 1. The summed E-state index contributed by atoms with van der Waals surface area (Å²) in [6.07, 6.45) is 2.43. The lowest BCUT2D eigenvalue weighted by molar-refractivity contribution is 0.0313. The van der Waals surface area contributed by atoms with Crippen molar-refractivity contribution in [2.75, 3.05) is 33.0 Å². The lowest BCUT2D eigenvalue weighted by atomic mass is 10.2. The van der Waals surface area contributed by atoms with Crippen LogP contribution in [0.2, 0.25) is 6.04 Å². The zero-order valence-electron chi connectivity index (χ0n) is 13.4. The van der Waals surface area contributed by atoms with Crippen LogP contribution in [0.4, 0.5) is 0 Å². The fourth-order valence-electron chi connectivity index (χ4n) is 2.05. The van der Waals surface area contributed by atoms with E-state index in [1.807, 2.05) is 13.8 Å². The van der Waals surface area contributed by atoms with Crippen LogP contribution in [0.5, 0.6) is 0 Å². The van der Waals surface area contributed by atoms with Crippen LogP contribution in [-0.4, -0.2) is 54.0 Å². The van der Waals surface area contributed by atoms with Gasteiger partial charge in [0, 0.05) is 32.0 Å². The first-order valence-corrected chi connectivity index (χ1v) is 9.74. The van der Waals surface area contributed by atoms with Crippen LogP contribution in [-0.2, 0) is 22.8 Å². The second-order valence-corrected chi connectivity index (χ2v) is 7.89. The molecular formula is C14H30O5Si. The maximum absolute atomic E-state index is 6.12. The van der Waals surface area contributed by atoms with Crippen molar-refractivity contribution >= 4 is 8.80 Å². The molecule has 0 aromatic rings. The average molecular weight is 306 g/mol. The Labute approximate surface area is 124 Å². The van der Waals surface area contributed by atoms with Gasteiger partial charge in [0.15, 0.2) is 0 Å². The first-order chi connectivity index (χ1) is 9.65. The van der Waals surface area contributed by atoms with E-state index in [9.17, 15) is 0 Å². The fraction of sp³-hybridized carbons (Fsp3) is 1.00. The Kier molecular flexibility index (Phi) is 8.91. The molecule has 6 heteroatoms. The molecule has 0 amide bonds. The van der Waals surface area contributed by atoms with E-state index in [1.54, 1.807) is 0 Å². The molecule has 1 rings (SSSR count). The zero-order valence-corrected chi connectivity index (χ0v) is 14.4. The summed E-state index contributed by atoms with van der Waals surface area (Å²) in [5.41, 5.74) is 0. The maximum atomic E-state index is 6.12. The summed E-state index contributed by atoms with van der Waals surface area (Å²) >= 11 is 0. The molecular weight excluding hydrogens is 276 g/mol. The number of hydrogen-bond donors (Lipinski definition) is 0. The highest BCUT2D eigenvalue weighted by Crippen LogP contribution is 2.19. The summed E-state index contributed by atoms with van der Waals surface area (Å²) in [7, 11) is -2.47. The van der Waals surface area contributed by atoms with Crippen molar-refractivity contribution in [2.24, 2.45) is 0 Å². The summed E-state index contributed by atoms with van der Waals surface area (Å²) in [5, 5.41) is 0. The molecule has 1 aliphatic rings. The van der Waals surface area contributed by atoms with E-state index in [0.29, 0.717) is 19.3 Å². The molecule has 0 aliphatic carbocycles. The van der Waals surface area contributed by atoms with E-state index >= 15 is 0 Å². The quantitative estimate of drug-likeness (QED) is 0.297. The molecule has 0 aromatic carbocycles. The molecule has 5 nitrogen and oxygen atoms in total. The van der Waals surface area contributed by atoms with E-state index in [1.165, 1.54) is 0 Å². The van der Waals surface area contributed by atoms with Crippen molar-refractivity contribution in [3.8, 4) is 0 Å². The molecule has 2 unspecified atom stereocenters. The topological polar surface area (TPSA) is 49.5 Å². The molecule has 1 saturated heterocycles. The first kappa shape index (κ1) is 18.1. The SMILES string of the molecule is CCO[Si](CC)(OCC)OC(C)CCCOCC1CO1. The van der Waals surface area contributed by atoms with Crippen LogP contribution < -0.4 is 0 Å². The third-order valence-corrected chi connectivity index (χ3v) is 6.23. The Morgan fingerprint density at radius 3 is 2.35 bits per heavy atom. The Morgan fingerprint density at radius 1 is 1.20 bits per heavy atom. The van der Waals surface area contributed by atoms with Gasteiger partial charge in [-0.15, -0.1) is 0 Å². The largest absolute Gasteiger partial charge is 0.500 e. The lowest BCUT2D eigenvalue weighted by Crippen LogP contribution is -2.47. The monoisotopic (exact) mass is 306 g/mol. The van der Waals surface area contributed by atoms with Gasteiger partial charge in [-0.3, -0.25) is 0 Å². The fourth-order valence-corrected chi connectivity index (χ4v) is 4.46. The van der Waals surface area contributed by atoms with Gasteiger partial charge in [0.25, 0.3) is 0 Å². The van der Waals surface area contributed by atoms with Crippen molar-refractivity contribution < 1.29 is 22.8 Å². The summed E-state index contributed by atoms with van der Waals surface area (Å²) in [4.78, 5) is 0. The van der Waals surface area contributed by atoms with Crippen LogP contribution in [0.25, 0.3) is 0 Å². The minimum absolute atomic E-state index is 0.139. The third-order valence-electron chi connectivity index (χ3n) is 3.15. The van der Waals surface area contributed by atoms with Crippen LogP contribution >= 0.6 is 0 Å². The predicted molar refractivity (Wildman–Crippen MR) is 79.8 cm³/mol. The molecule has 2 atom stereocenters. The van der Waals surface area contributed by atoms with Gasteiger partial charge < -0.3 is 22.8 Å². The molecule has 0 N–H and O–H groups in total. The Morgan fingerprint density at radius 2 is 1.85 bits per heavy atom. The van der Waals surface area contributed by atoms with Crippen LogP contribution in [0.15, 0.2) is 0 Å². The van der Waals surface area contributed by atoms with Gasteiger partial charge in [-0.25, -0.2) is 0 Å². The third kappa shape index (κ3) is 7.15. The Bertz CT molecular complexity index is 242. The van der Waals surface area contributed by atoms with Gasteiger partial charge in [0.05, 0.1) is 13.2 Å². The van der Waals surface area contributed by atoms with Crippen molar-refractivity contribution in [1.29, 1.82) is 0 Å².